The summed E-state index contributed by atoms with van der Waals surface area (Å²) in [7, 11) is -0.656. The highest BCUT2D eigenvalue weighted by atomic mass is 33.1. The minimum absolute atomic E-state index is 0.124. The van der Waals surface area contributed by atoms with Crippen molar-refractivity contribution in [2.45, 2.75) is 20.0 Å². The van der Waals surface area contributed by atoms with Crippen LogP contribution >= 0.6 is 12.6 Å². The van der Waals surface area contributed by atoms with Crippen molar-refractivity contribution in [3.8, 4) is 0 Å². The van der Waals surface area contributed by atoms with Crippen LogP contribution in [0.2, 0.25) is 0 Å². The summed E-state index contributed by atoms with van der Waals surface area (Å²) in [4.78, 5) is 0. The SMILES string of the molecule is CC(C)OC(S)=S(=S)=S. The number of hydrogen-bond acceptors (Lipinski definition) is 3. The normalized spacial score (nSPS) is 9.78. The van der Waals surface area contributed by atoms with Crippen LogP contribution in [0.5, 0.6) is 0 Å². The molecular formula is C4H8OS4. The highest BCUT2D eigenvalue weighted by Crippen LogP contribution is 1.92. The van der Waals surface area contributed by atoms with Gasteiger partial charge in [-0.15, -0.1) is 12.6 Å². The van der Waals surface area contributed by atoms with Crippen molar-refractivity contribution in [1.29, 1.82) is 0 Å². The molecular weight excluding hydrogens is 192 g/mol. The summed E-state index contributed by atoms with van der Waals surface area (Å²) in [6.45, 7) is 3.82. The van der Waals surface area contributed by atoms with E-state index in [0.717, 1.165) is 0 Å². The van der Waals surface area contributed by atoms with Crippen LogP contribution in [0.25, 0.3) is 0 Å². The second-order valence-corrected chi connectivity index (χ2v) is 5.85. The molecule has 0 unspecified atom stereocenters. The van der Waals surface area contributed by atoms with E-state index in [-0.39, 0.29) is 6.10 Å². The molecule has 0 radical (unpaired) electrons. The fourth-order valence-corrected chi connectivity index (χ4v) is 0.958. The lowest BCUT2D eigenvalue weighted by Gasteiger charge is -2.02. The maximum atomic E-state index is 5.10. The number of hydrogen-bond donors (Lipinski definition) is 1. The molecule has 0 amide bonds. The monoisotopic (exact) mass is 200 g/mol. The molecule has 0 rings (SSSR count). The van der Waals surface area contributed by atoms with E-state index in [1.54, 1.807) is 0 Å². The van der Waals surface area contributed by atoms with E-state index in [0.29, 0.717) is 4.38 Å². The largest absolute Gasteiger partial charge is 0.328 e. The van der Waals surface area contributed by atoms with Gasteiger partial charge in [0.15, 0.2) is 4.38 Å². The maximum absolute atomic E-state index is 5.10. The first-order valence-electron chi connectivity index (χ1n) is 2.36. The van der Waals surface area contributed by atoms with Gasteiger partial charge in [0, 0.05) is 0 Å². The first-order chi connectivity index (χ1) is 4.04. The van der Waals surface area contributed by atoms with Gasteiger partial charge in [-0.1, -0.05) is 0 Å². The minimum Gasteiger partial charge on any atom is -0.328 e. The highest BCUT2D eigenvalue weighted by molar-refractivity contribution is 8.49. The van der Waals surface area contributed by atoms with Crippen LogP contribution in [0.15, 0.2) is 0 Å². The molecule has 0 heterocycles. The first-order valence-corrected chi connectivity index (χ1v) is 5.88. The Bertz CT molecular complexity index is 193. The van der Waals surface area contributed by atoms with Crippen molar-refractivity contribution in [3.63, 3.8) is 0 Å². The van der Waals surface area contributed by atoms with Gasteiger partial charge in [-0.05, 0) is 43.8 Å². The molecule has 0 aliphatic carbocycles. The highest BCUT2D eigenvalue weighted by Gasteiger charge is 1.93. The molecule has 1 nitrogen and oxygen atoms in total. The average Bonchev–Trinajstić information content (AvgIpc) is 1.63. The summed E-state index contributed by atoms with van der Waals surface area (Å²) >= 11 is 13.4. The fraction of sp³-hybridized carbons (Fsp3) is 0.750. The summed E-state index contributed by atoms with van der Waals surface area (Å²) in [6, 6.07) is 0. The number of rotatable bonds is 1. The van der Waals surface area contributed by atoms with Gasteiger partial charge in [0.05, 0.1) is 6.10 Å². The zero-order valence-corrected chi connectivity index (χ0v) is 8.50. The predicted molar refractivity (Wildman–Crippen MR) is 52.3 cm³/mol. The number of ether oxygens (including phenoxy) is 1. The molecule has 0 spiro atoms. The van der Waals surface area contributed by atoms with E-state index in [2.05, 4.69) is 12.6 Å². The van der Waals surface area contributed by atoms with Gasteiger partial charge in [0.25, 0.3) is 0 Å². The Morgan fingerprint density at radius 2 is 2.00 bits per heavy atom. The fourth-order valence-electron chi connectivity index (χ4n) is 0.241. The Morgan fingerprint density at radius 1 is 1.56 bits per heavy atom. The maximum Gasteiger partial charge on any atom is 0.172 e. The van der Waals surface area contributed by atoms with Gasteiger partial charge in [-0.25, -0.2) is 0 Å². The van der Waals surface area contributed by atoms with E-state index in [9.17, 15) is 0 Å². The zero-order valence-electron chi connectivity index (χ0n) is 5.16. The Kier molecular flexibility index (Phi) is 5.06. The standard InChI is InChI=1S/C4H8OS4/c1-3(2)5-4(6)9(7)8/h3,6H,1-2H3. The molecule has 0 saturated heterocycles. The number of thiol groups is 1. The Morgan fingerprint density at radius 3 is 2.11 bits per heavy atom. The van der Waals surface area contributed by atoms with Crippen LogP contribution in [-0.2, 0) is 34.7 Å². The molecule has 0 aromatic carbocycles. The molecule has 0 aliphatic rings. The molecule has 5 heteroatoms. The summed E-state index contributed by atoms with van der Waals surface area (Å²) in [6.07, 6.45) is 0.124. The Labute approximate surface area is 71.6 Å². The van der Waals surface area contributed by atoms with Gasteiger partial charge in [0.2, 0.25) is 0 Å². The van der Waals surface area contributed by atoms with E-state index < -0.39 is 7.60 Å². The quantitative estimate of drug-likeness (QED) is 0.499. The van der Waals surface area contributed by atoms with Crippen molar-refractivity contribution in [2.75, 3.05) is 0 Å². The van der Waals surface area contributed by atoms with E-state index in [1.807, 2.05) is 13.8 Å². The van der Waals surface area contributed by atoms with Crippen molar-refractivity contribution < 1.29 is 4.74 Å². The Balaban J connectivity index is 4.10. The topological polar surface area (TPSA) is 9.23 Å². The third-order valence-electron chi connectivity index (χ3n) is 0.479. The average molecular weight is 200 g/mol. The Hall–Kier alpha value is 0.840. The van der Waals surface area contributed by atoms with Gasteiger partial charge >= 0.3 is 0 Å². The zero-order chi connectivity index (χ0) is 7.44. The van der Waals surface area contributed by atoms with Crippen molar-refractivity contribution in [1.82, 2.24) is 0 Å². The van der Waals surface area contributed by atoms with Gasteiger partial charge in [-0.2, -0.15) is 0 Å². The summed E-state index contributed by atoms with van der Waals surface area (Å²) in [5.74, 6) is 0. The second kappa shape index (κ2) is 4.62. The van der Waals surface area contributed by atoms with E-state index in [4.69, 9.17) is 27.1 Å². The third kappa shape index (κ3) is 5.29. The molecule has 0 aromatic rings. The lowest BCUT2D eigenvalue weighted by molar-refractivity contribution is 0.243. The molecule has 0 fully saturated rings. The van der Waals surface area contributed by atoms with E-state index in [1.165, 1.54) is 0 Å². The van der Waals surface area contributed by atoms with Crippen LogP contribution in [0.4, 0.5) is 0 Å². The van der Waals surface area contributed by atoms with Crippen LogP contribution in [0.3, 0.4) is 0 Å². The summed E-state index contributed by atoms with van der Waals surface area (Å²) in [5.41, 5.74) is 0. The van der Waals surface area contributed by atoms with Crippen molar-refractivity contribution in [2.24, 2.45) is 0 Å². The molecule has 0 atom stereocenters. The summed E-state index contributed by atoms with van der Waals surface area (Å²) < 4.78 is 5.58. The smallest absolute Gasteiger partial charge is 0.172 e. The van der Waals surface area contributed by atoms with E-state index >= 15 is 0 Å². The third-order valence-corrected chi connectivity index (χ3v) is 3.16. The molecule has 0 N–H and O–H groups in total. The second-order valence-electron chi connectivity index (χ2n) is 1.67. The molecule has 0 aromatic heterocycles. The van der Waals surface area contributed by atoms with Crippen molar-refractivity contribution in [3.05, 3.63) is 0 Å². The lowest BCUT2D eigenvalue weighted by atomic mass is 10.5. The molecule has 9 heavy (non-hydrogen) atoms. The van der Waals surface area contributed by atoms with Gasteiger partial charge in [0.1, 0.15) is 0 Å². The van der Waals surface area contributed by atoms with Crippen LogP contribution in [0.1, 0.15) is 13.8 Å². The van der Waals surface area contributed by atoms with Crippen LogP contribution in [-0.4, -0.2) is 10.5 Å². The lowest BCUT2D eigenvalue weighted by Crippen LogP contribution is -2.05. The van der Waals surface area contributed by atoms with Crippen molar-refractivity contribution >= 4 is 47.0 Å². The van der Waals surface area contributed by atoms with Crippen LogP contribution < -0.4 is 0 Å². The minimum atomic E-state index is -0.656. The molecule has 0 saturated carbocycles. The van der Waals surface area contributed by atoms with Gasteiger partial charge in [-0.3, -0.25) is 0 Å². The summed E-state index contributed by atoms with van der Waals surface area (Å²) in [5, 5.41) is 0. The predicted octanol–water partition coefficient (Wildman–Crippen LogP) is 0.971. The molecule has 54 valence electrons. The molecule has 0 aliphatic heterocycles. The first kappa shape index (κ1) is 9.84. The van der Waals surface area contributed by atoms with Crippen LogP contribution in [0, 0.1) is 0 Å². The van der Waals surface area contributed by atoms with Gasteiger partial charge < -0.3 is 4.74 Å². The molecule has 0 bridgehead atoms.